The number of hydrogen-bond donors (Lipinski definition) is 1. The van der Waals surface area contributed by atoms with Gasteiger partial charge >= 0.3 is 0 Å². The third kappa shape index (κ3) is 2.56. The third-order valence-corrected chi connectivity index (χ3v) is 7.30. The maximum Gasteiger partial charge on any atom is 0.201 e. The van der Waals surface area contributed by atoms with Crippen molar-refractivity contribution in [3.63, 3.8) is 0 Å². The van der Waals surface area contributed by atoms with E-state index < -0.39 is 23.8 Å². The highest BCUT2D eigenvalue weighted by Gasteiger charge is 2.69. The normalized spacial score (nSPS) is 51.0. The summed E-state index contributed by atoms with van der Waals surface area (Å²) in [4.78, 5) is 11.9. The first-order chi connectivity index (χ1) is 12.3. The minimum absolute atomic E-state index is 0.164. The molecule has 6 heteroatoms. The SMILES string of the molecule is C=C(C#N)[C@@H](O)C[C@H]1O[C@@H]2O[C@]3(C)CC[C@H]4[C@H](C)CC[C@@H]([C@H]1C)[C@@]24OO3. The van der Waals surface area contributed by atoms with Gasteiger partial charge in [0.1, 0.15) is 0 Å². The van der Waals surface area contributed by atoms with E-state index in [-0.39, 0.29) is 23.5 Å². The second kappa shape index (κ2) is 6.29. The van der Waals surface area contributed by atoms with E-state index in [0.717, 1.165) is 25.7 Å². The van der Waals surface area contributed by atoms with E-state index >= 15 is 0 Å². The van der Waals surface area contributed by atoms with Crippen LogP contribution < -0.4 is 0 Å². The summed E-state index contributed by atoms with van der Waals surface area (Å²) in [5.74, 6) is 0.461. The summed E-state index contributed by atoms with van der Waals surface area (Å²) in [6.07, 6.45) is 2.68. The molecule has 1 N–H and O–H groups in total. The van der Waals surface area contributed by atoms with Crippen LogP contribution in [0.5, 0.6) is 0 Å². The molecule has 1 saturated carbocycles. The first-order valence-corrected chi connectivity index (χ1v) is 9.78. The molecule has 1 aliphatic carbocycles. The van der Waals surface area contributed by atoms with Crippen LogP contribution in [0.15, 0.2) is 12.2 Å². The second-order valence-corrected chi connectivity index (χ2v) is 8.83. The van der Waals surface area contributed by atoms with Crippen LogP contribution in [0.4, 0.5) is 0 Å². The molecule has 144 valence electrons. The molecule has 5 rings (SSSR count). The van der Waals surface area contributed by atoms with Gasteiger partial charge in [-0.25, -0.2) is 9.78 Å². The lowest BCUT2D eigenvalue weighted by molar-refractivity contribution is -0.571. The minimum Gasteiger partial charge on any atom is -0.388 e. The van der Waals surface area contributed by atoms with Gasteiger partial charge in [-0.15, -0.1) is 0 Å². The van der Waals surface area contributed by atoms with Crippen LogP contribution in [0, 0.1) is 35.0 Å². The van der Waals surface area contributed by atoms with Gasteiger partial charge in [0, 0.05) is 18.8 Å². The van der Waals surface area contributed by atoms with Crippen molar-refractivity contribution < 1.29 is 24.4 Å². The Labute approximate surface area is 155 Å². The number of ether oxygens (including phenoxy) is 2. The molecule has 0 radical (unpaired) electrons. The van der Waals surface area contributed by atoms with Gasteiger partial charge in [-0.05, 0) is 43.9 Å². The zero-order chi connectivity index (χ0) is 18.7. The van der Waals surface area contributed by atoms with Gasteiger partial charge < -0.3 is 14.6 Å². The van der Waals surface area contributed by atoms with Gasteiger partial charge in [0.05, 0.1) is 23.9 Å². The molecule has 0 aromatic carbocycles. The standard InChI is InChI=1S/C20H29NO5/c1-11-5-6-15-13(3)17(9-16(22)12(2)10-21)23-18-20(15)14(11)7-8-19(4,24-18)25-26-20/h11,13-18,22H,2,5-9H2,1,3-4H3/t11-,13-,14+,15+,16+,17-,18-,19+,20-/m1/s1. The number of nitrogens with zero attached hydrogens (tertiary/aromatic N) is 1. The summed E-state index contributed by atoms with van der Waals surface area (Å²) in [5.41, 5.74) is -0.410. The van der Waals surface area contributed by atoms with Crippen molar-refractivity contribution in [1.82, 2.24) is 0 Å². The van der Waals surface area contributed by atoms with Crippen molar-refractivity contribution in [2.45, 2.75) is 82.8 Å². The van der Waals surface area contributed by atoms with E-state index in [9.17, 15) is 5.11 Å². The van der Waals surface area contributed by atoms with Crippen molar-refractivity contribution in [3.05, 3.63) is 12.2 Å². The fourth-order valence-electron chi connectivity index (χ4n) is 5.68. The lowest BCUT2D eigenvalue weighted by atomic mass is 9.57. The summed E-state index contributed by atoms with van der Waals surface area (Å²) in [5, 5.41) is 19.3. The van der Waals surface area contributed by atoms with Gasteiger partial charge in [0.15, 0.2) is 11.9 Å². The van der Waals surface area contributed by atoms with E-state index in [2.05, 4.69) is 20.4 Å². The predicted octanol–water partition coefficient (Wildman–Crippen LogP) is 3.07. The molecule has 5 aliphatic rings. The third-order valence-electron chi connectivity index (χ3n) is 7.30. The highest BCUT2D eigenvalue weighted by Crippen LogP contribution is 2.60. The van der Waals surface area contributed by atoms with Crippen LogP contribution in [0.25, 0.3) is 0 Å². The van der Waals surface area contributed by atoms with E-state index in [1.807, 2.05) is 13.0 Å². The first-order valence-electron chi connectivity index (χ1n) is 9.78. The maximum absolute atomic E-state index is 10.3. The number of rotatable bonds is 3. The Bertz CT molecular complexity index is 632. The van der Waals surface area contributed by atoms with Gasteiger partial charge in [0.25, 0.3) is 0 Å². The zero-order valence-corrected chi connectivity index (χ0v) is 15.8. The molecule has 0 unspecified atom stereocenters. The Hall–Kier alpha value is -0.970. The smallest absolute Gasteiger partial charge is 0.201 e. The lowest BCUT2D eigenvalue weighted by Crippen LogP contribution is -2.70. The molecule has 0 aromatic rings. The first kappa shape index (κ1) is 18.4. The Kier molecular flexibility index (Phi) is 4.45. The second-order valence-electron chi connectivity index (χ2n) is 8.83. The lowest BCUT2D eigenvalue weighted by Gasteiger charge is -2.60. The number of fused-ring (bicyclic) bond motifs is 2. The Morgan fingerprint density at radius 1 is 1.27 bits per heavy atom. The van der Waals surface area contributed by atoms with Crippen LogP contribution in [-0.2, 0) is 19.2 Å². The van der Waals surface area contributed by atoms with Crippen molar-refractivity contribution in [2.75, 3.05) is 0 Å². The van der Waals surface area contributed by atoms with Gasteiger partial charge in [-0.1, -0.05) is 20.4 Å². The quantitative estimate of drug-likeness (QED) is 0.613. The molecule has 9 atom stereocenters. The average Bonchev–Trinajstić information content (AvgIpc) is 2.84. The molecule has 0 amide bonds. The van der Waals surface area contributed by atoms with E-state index in [4.69, 9.17) is 24.5 Å². The number of hydrogen-bond acceptors (Lipinski definition) is 6. The van der Waals surface area contributed by atoms with E-state index in [0.29, 0.717) is 18.3 Å². The maximum atomic E-state index is 10.3. The summed E-state index contributed by atoms with van der Waals surface area (Å²) < 4.78 is 12.7. The minimum atomic E-state index is -0.893. The Balaban J connectivity index is 1.66. The summed E-state index contributed by atoms with van der Waals surface area (Å²) in [6, 6.07) is 1.94. The molecular weight excluding hydrogens is 334 g/mol. The van der Waals surface area contributed by atoms with Gasteiger partial charge in [-0.2, -0.15) is 5.26 Å². The average molecular weight is 363 g/mol. The molecule has 4 aliphatic heterocycles. The van der Waals surface area contributed by atoms with E-state index in [1.165, 1.54) is 0 Å². The van der Waals surface area contributed by atoms with Gasteiger partial charge in [-0.3, -0.25) is 0 Å². The van der Waals surface area contributed by atoms with Crippen molar-refractivity contribution in [2.24, 2.45) is 23.7 Å². The highest BCUT2D eigenvalue weighted by molar-refractivity contribution is 5.21. The van der Waals surface area contributed by atoms with Crippen LogP contribution in [0.3, 0.4) is 0 Å². The Morgan fingerprint density at radius 2 is 2.04 bits per heavy atom. The summed E-state index contributed by atoms with van der Waals surface area (Å²) in [7, 11) is 0. The molecule has 4 heterocycles. The molecule has 4 saturated heterocycles. The molecule has 0 aromatic heterocycles. The largest absolute Gasteiger partial charge is 0.388 e. The van der Waals surface area contributed by atoms with Crippen LogP contribution in [0.1, 0.15) is 52.9 Å². The number of nitriles is 1. The van der Waals surface area contributed by atoms with Crippen LogP contribution in [0.2, 0.25) is 0 Å². The number of aliphatic hydroxyl groups is 1. The molecule has 26 heavy (non-hydrogen) atoms. The fraction of sp³-hybridized carbons (Fsp3) is 0.850. The zero-order valence-electron chi connectivity index (χ0n) is 15.8. The summed E-state index contributed by atoms with van der Waals surface area (Å²) in [6.45, 7) is 9.98. The van der Waals surface area contributed by atoms with Crippen LogP contribution >= 0.6 is 0 Å². The number of aliphatic hydroxyl groups excluding tert-OH is 1. The van der Waals surface area contributed by atoms with Crippen molar-refractivity contribution in [1.29, 1.82) is 5.26 Å². The predicted molar refractivity (Wildman–Crippen MR) is 92.2 cm³/mol. The van der Waals surface area contributed by atoms with E-state index in [1.54, 1.807) is 0 Å². The monoisotopic (exact) mass is 363 g/mol. The molecule has 2 bridgehead atoms. The highest BCUT2D eigenvalue weighted by atomic mass is 17.3. The Morgan fingerprint density at radius 3 is 2.77 bits per heavy atom. The molecule has 6 nitrogen and oxygen atoms in total. The molecule has 1 spiro atoms. The van der Waals surface area contributed by atoms with Gasteiger partial charge in [0.2, 0.25) is 5.79 Å². The molecule has 5 fully saturated rings. The van der Waals surface area contributed by atoms with Crippen molar-refractivity contribution >= 4 is 0 Å². The van der Waals surface area contributed by atoms with Crippen LogP contribution in [-0.4, -0.2) is 35.0 Å². The fourth-order valence-corrected chi connectivity index (χ4v) is 5.68. The summed E-state index contributed by atoms with van der Waals surface area (Å²) >= 11 is 0. The molecular formula is C20H29NO5. The topological polar surface area (TPSA) is 80.9 Å². The van der Waals surface area contributed by atoms with Crippen molar-refractivity contribution in [3.8, 4) is 6.07 Å².